The molecule has 1 amide bonds. The number of ketones is 1. The molecule has 78 valence electrons. The fourth-order valence-electron chi connectivity index (χ4n) is 1.64. The van der Waals surface area contributed by atoms with Crippen LogP contribution in [-0.4, -0.2) is 18.2 Å². The number of amides is 1. The van der Waals surface area contributed by atoms with Gasteiger partial charge in [0.1, 0.15) is 0 Å². The molecule has 0 aromatic heterocycles. The summed E-state index contributed by atoms with van der Waals surface area (Å²) < 4.78 is 1.56. The molecule has 1 aromatic rings. The Bertz CT molecular complexity index is 471. The molecule has 0 saturated heterocycles. The fraction of sp³-hybridized carbons (Fsp3) is 0.200. The van der Waals surface area contributed by atoms with Gasteiger partial charge in [-0.3, -0.25) is 9.59 Å². The highest BCUT2D eigenvalue weighted by Crippen LogP contribution is 2.36. The lowest BCUT2D eigenvalue weighted by atomic mass is 10.1. The molecule has 1 aromatic carbocycles. The van der Waals surface area contributed by atoms with Crippen LogP contribution in [0.1, 0.15) is 17.3 Å². The molecule has 0 saturated carbocycles. The first-order valence-corrected chi connectivity index (χ1v) is 5.89. The number of anilines is 1. The number of carbonyl (C=O) groups is 2. The SMILES string of the molecule is CC(=O)N1CC(=O)c2c(Br)cc(Br)cc21. The molecule has 3 nitrogen and oxygen atoms in total. The average Bonchev–Trinajstić information content (AvgIpc) is 2.42. The van der Waals surface area contributed by atoms with Gasteiger partial charge >= 0.3 is 0 Å². The first-order valence-electron chi connectivity index (χ1n) is 4.31. The van der Waals surface area contributed by atoms with Gasteiger partial charge in [0, 0.05) is 15.9 Å². The quantitative estimate of drug-likeness (QED) is 0.732. The minimum absolute atomic E-state index is 0.0282. The van der Waals surface area contributed by atoms with Crippen molar-refractivity contribution in [1.82, 2.24) is 0 Å². The van der Waals surface area contributed by atoms with Crippen molar-refractivity contribution in [2.75, 3.05) is 11.4 Å². The van der Waals surface area contributed by atoms with E-state index in [-0.39, 0.29) is 18.2 Å². The summed E-state index contributed by atoms with van der Waals surface area (Å²) in [7, 11) is 0. The number of benzene rings is 1. The smallest absolute Gasteiger partial charge is 0.224 e. The van der Waals surface area contributed by atoms with Crippen LogP contribution < -0.4 is 4.90 Å². The maximum Gasteiger partial charge on any atom is 0.224 e. The molecule has 0 unspecified atom stereocenters. The van der Waals surface area contributed by atoms with Crippen LogP contribution in [0, 0.1) is 0 Å². The highest BCUT2D eigenvalue weighted by Gasteiger charge is 2.31. The molecule has 15 heavy (non-hydrogen) atoms. The number of carbonyl (C=O) groups excluding carboxylic acids is 2. The molecule has 2 rings (SSSR count). The van der Waals surface area contributed by atoms with Crippen molar-refractivity contribution >= 4 is 49.2 Å². The fourth-order valence-corrected chi connectivity index (χ4v) is 3.06. The largest absolute Gasteiger partial charge is 0.304 e. The number of fused-ring (bicyclic) bond motifs is 1. The third kappa shape index (κ3) is 1.74. The van der Waals surface area contributed by atoms with Gasteiger partial charge in [0.05, 0.1) is 17.8 Å². The van der Waals surface area contributed by atoms with Crippen LogP contribution in [0.2, 0.25) is 0 Å². The molecule has 0 radical (unpaired) electrons. The third-order valence-corrected chi connectivity index (χ3v) is 3.37. The lowest BCUT2D eigenvalue weighted by Crippen LogP contribution is -2.27. The summed E-state index contributed by atoms with van der Waals surface area (Å²) in [6.45, 7) is 1.59. The first-order chi connectivity index (χ1) is 7.00. The van der Waals surface area contributed by atoms with E-state index in [0.29, 0.717) is 11.3 Å². The summed E-state index contributed by atoms with van der Waals surface area (Å²) in [5, 5.41) is 0. The van der Waals surface area contributed by atoms with Crippen molar-refractivity contribution < 1.29 is 9.59 Å². The summed E-state index contributed by atoms with van der Waals surface area (Å²) in [4.78, 5) is 24.5. The van der Waals surface area contributed by atoms with Crippen molar-refractivity contribution in [1.29, 1.82) is 0 Å². The molecular formula is C10H7Br2NO2. The zero-order chi connectivity index (χ0) is 11.2. The molecular weight excluding hydrogens is 326 g/mol. The summed E-state index contributed by atoms with van der Waals surface area (Å²) >= 11 is 6.66. The van der Waals surface area contributed by atoms with E-state index in [1.807, 2.05) is 0 Å². The van der Waals surface area contributed by atoms with E-state index in [0.717, 1.165) is 8.95 Å². The van der Waals surface area contributed by atoms with Crippen molar-refractivity contribution in [3.8, 4) is 0 Å². The van der Waals surface area contributed by atoms with Crippen molar-refractivity contribution in [3.63, 3.8) is 0 Å². The van der Waals surface area contributed by atoms with E-state index >= 15 is 0 Å². The minimum Gasteiger partial charge on any atom is -0.304 e. The minimum atomic E-state index is -0.118. The van der Waals surface area contributed by atoms with Crippen LogP contribution in [0.5, 0.6) is 0 Å². The van der Waals surface area contributed by atoms with Gasteiger partial charge in [0.25, 0.3) is 0 Å². The lowest BCUT2D eigenvalue weighted by Gasteiger charge is -2.13. The average molecular weight is 333 g/mol. The predicted octanol–water partition coefficient (Wildman–Crippen LogP) is 2.76. The molecule has 0 N–H and O–H groups in total. The number of hydrogen-bond acceptors (Lipinski definition) is 2. The Morgan fingerprint density at radius 1 is 1.40 bits per heavy atom. The molecule has 0 atom stereocenters. The molecule has 0 fully saturated rings. The number of nitrogens with zero attached hydrogens (tertiary/aromatic N) is 1. The van der Waals surface area contributed by atoms with E-state index in [1.54, 1.807) is 12.1 Å². The zero-order valence-electron chi connectivity index (χ0n) is 7.88. The standard InChI is InChI=1S/C10H7Br2NO2/c1-5(14)13-4-9(15)10-7(12)2-6(11)3-8(10)13/h2-3H,4H2,1H3. The van der Waals surface area contributed by atoms with Gasteiger partial charge in [-0.05, 0) is 28.1 Å². The normalized spacial score (nSPS) is 14.3. The van der Waals surface area contributed by atoms with Crippen molar-refractivity contribution in [3.05, 3.63) is 26.6 Å². The second-order valence-corrected chi connectivity index (χ2v) is 5.08. The van der Waals surface area contributed by atoms with Crippen LogP contribution >= 0.6 is 31.9 Å². The second-order valence-electron chi connectivity index (χ2n) is 3.31. The summed E-state index contributed by atoms with van der Waals surface area (Å²) in [5.41, 5.74) is 1.27. The Kier molecular flexibility index (Phi) is 2.68. The number of halogens is 2. The van der Waals surface area contributed by atoms with Crippen LogP contribution in [0.3, 0.4) is 0 Å². The zero-order valence-corrected chi connectivity index (χ0v) is 11.1. The van der Waals surface area contributed by atoms with Crippen molar-refractivity contribution in [2.45, 2.75) is 6.92 Å². The number of hydrogen-bond donors (Lipinski definition) is 0. The Morgan fingerprint density at radius 2 is 2.07 bits per heavy atom. The van der Waals surface area contributed by atoms with Gasteiger partial charge in [-0.25, -0.2) is 0 Å². The first kappa shape index (κ1) is 10.8. The summed E-state index contributed by atoms with van der Waals surface area (Å²) in [5.74, 6) is -0.147. The number of rotatable bonds is 0. The molecule has 0 spiro atoms. The van der Waals surface area contributed by atoms with E-state index in [1.165, 1.54) is 11.8 Å². The molecule has 1 aliphatic rings. The van der Waals surface area contributed by atoms with Gasteiger partial charge in [-0.1, -0.05) is 15.9 Å². The van der Waals surface area contributed by atoms with Crippen molar-refractivity contribution in [2.24, 2.45) is 0 Å². The maximum absolute atomic E-state index is 11.7. The molecule has 0 bridgehead atoms. The van der Waals surface area contributed by atoms with E-state index in [2.05, 4.69) is 31.9 Å². The van der Waals surface area contributed by atoms with Crippen LogP contribution in [0.4, 0.5) is 5.69 Å². The lowest BCUT2D eigenvalue weighted by molar-refractivity contribution is -0.116. The third-order valence-electron chi connectivity index (χ3n) is 2.29. The monoisotopic (exact) mass is 331 g/mol. The molecule has 0 aliphatic carbocycles. The second kappa shape index (κ2) is 3.72. The molecule has 5 heteroatoms. The van der Waals surface area contributed by atoms with Crippen LogP contribution in [0.25, 0.3) is 0 Å². The van der Waals surface area contributed by atoms with Gasteiger partial charge in [-0.15, -0.1) is 0 Å². The Hall–Kier alpha value is -0.680. The van der Waals surface area contributed by atoms with E-state index in [4.69, 9.17) is 0 Å². The Morgan fingerprint density at radius 3 is 2.67 bits per heavy atom. The predicted molar refractivity (Wildman–Crippen MR) is 64.2 cm³/mol. The summed E-state index contributed by atoms with van der Waals surface area (Å²) in [6.07, 6.45) is 0. The highest BCUT2D eigenvalue weighted by atomic mass is 79.9. The van der Waals surface area contributed by atoms with Gasteiger partial charge in [0.2, 0.25) is 5.91 Å². The molecule has 1 aliphatic heterocycles. The maximum atomic E-state index is 11.7. The Labute approximate surface area is 104 Å². The Balaban J connectivity index is 2.65. The number of Topliss-reactive ketones (excluding diaryl/α,β-unsaturated/α-hetero) is 1. The topological polar surface area (TPSA) is 37.4 Å². The van der Waals surface area contributed by atoms with Gasteiger partial charge in [-0.2, -0.15) is 0 Å². The van der Waals surface area contributed by atoms with Crippen LogP contribution in [0.15, 0.2) is 21.1 Å². The van der Waals surface area contributed by atoms with Gasteiger partial charge in [0.15, 0.2) is 5.78 Å². The van der Waals surface area contributed by atoms with E-state index < -0.39 is 0 Å². The van der Waals surface area contributed by atoms with E-state index in [9.17, 15) is 9.59 Å². The molecule has 1 heterocycles. The summed E-state index contributed by atoms with van der Waals surface area (Å²) in [6, 6.07) is 3.59. The van der Waals surface area contributed by atoms with Crippen LogP contribution in [-0.2, 0) is 4.79 Å². The van der Waals surface area contributed by atoms with Gasteiger partial charge < -0.3 is 4.90 Å². The highest BCUT2D eigenvalue weighted by molar-refractivity contribution is 9.11.